The summed E-state index contributed by atoms with van der Waals surface area (Å²) in [6.45, 7) is 1.72. The molecular weight excluding hydrogens is 378 g/mol. The van der Waals surface area contributed by atoms with E-state index in [1.54, 1.807) is 17.2 Å². The Labute approximate surface area is 173 Å². The molecule has 0 spiro atoms. The van der Waals surface area contributed by atoms with Crippen molar-refractivity contribution >= 4 is 5.91 Å². The number of benzene rings is 2. The fourth-order valence-corrected chi connectivity index (χ4v) is 3.79. The predicted molar refractivity (Wildman–Crippen MR) is 109 cm³/mol. The zero-order valence-corrected chi connectivity index (χ0v) is 16.3. The molecule has 0 atom stereocenters. The van der Waals surface area contributed by atoms with Crippen molar-refractivity contribution in [3.05, 3.63) is 96.1 Å². The fraction of sp³-hybridized carbons (Fsp3) is 0.227. The molecule has 1 amide bonds. The summed E-state index contributed by atoms with van der Waals surface area (Å²) in [5, 5.41) is 16.6. The van der Waals surface area contributed by atoms with Crippen LogP contribution in [-0.4, -0.2) is 53.9 Å². The number of carbonyl (C=O) groups excluding carboxylic acids is 1. The van der Waals surface area contributed by atoms with Gasteiger partial charge in [-0.1, -0.05) is 65.9 Å². The second kappa shape index (κ2) is 7.90. The lowest BCUT2D eigenvalue weighted by Gasteiger charge is -2.40. The van der Waals surface area contributed by atoms with Crippen LogP contribution in [0.1, 0.15) is 28.8 Å². The Hall–Kier alpha value is -3.81. The summed E-state index contributed by atoms with van der Waals surface area (Å²) in [5.41, 5.74) is 2.81. The lowest BCUT2D eigenvalue weighted by molar-refractivity contribution is -0.137. The second-order valence-electron chi connectivity index (χ2n) is 7.40. The number of nitrogens with zero attached hydrogens (tertiary/aromatic N) is 7. The van der Waals surface area contributed by atoms with Crippen molar-refractivity contribution < 1.29 is 4.79 Å². The molecule has 1 fully saturated rings. The summed E-state index contributed by atoms with van der Waals surface area (Å²) in [6, 6.07) is 20.0. The molecule has 1 aliphatic rings. The van der Waals surface area contributed by atoms with E-state index in [-0.39, 0.29) is 17.9 Å². The van der Waals surface area contributed by atoms with Crippen LogP contribution < -0.4 is 0 Å². The molecular formula is C22H21N7O. The fourth-order valence-electron chi connectivity index (χ4n) is 3.79. The molecule has 1 aliphatic heterocycles. The Morgan fingerprint density at radius 1 is 0.933 bits per heavy atom. The van der Waals surface area contributed by atoms with E-state index in [0.717, 1.165) is 16.8 Å². The van der Waals surface area contributed by atoms with Crippen LogP contribution in [0.25, 0.3) is 0 Å². The molecule has 8 nitrogen and oxygen atoms in total. The second-order valence-corrected chi connectivity index (χ2v) is 7.40. The van der Waals surface area contributed by atoms with E-state index in [1.165, 1.54) is 0 Å². The van der Waals surface area contributed by atoms with Gasteiger partial charge in [-0.15, -0.1) is 5.10 Å². The molecule has 2 aromatic heterocycles. The van der Waals surface area contributed by atoms with Crippen LogP contribution in [0, 0.1) is 0 Å². The monoisotopic (exact) mass is 399 g/mol. The van der Waals surface area contributed by atoms with Crippen LogP contribution in [0.3, 0.4) is 0 Å². The van der Waals surface area contributed by atoms with Gasteiger partial charge in [-0.05, 0) is 11.1 Å². The lowest BCUT2D eigenvalue weighted by atomic mass is 9.89. The predicted octanol–water partition coefficient (Wildman–Crippen LogP) is 2.13. The smallest absolute Gasteiger partial charge is 0.234 e. The number of aromatic nitrogens is 6. The number of carbonyl (C=O) groups is 1. The Balaban J connectivity index is 1.29. The van der Waals surface area contributed by atoms with Crippen molar-refractivity contribution in [3.8, 4) is 0 Å². The summed E-state index contributed by atoms with van der Waals surface area (Å²) in [7, 11) is 0. The molecule has 4 aromatic rings. The molecule has 0 aliphatic carbocycles. The highest BCUT2D eigenvalue weighted by atomic mass is 16.2. The summed E-state index contributed by atoms with van der Waals surface area (Å²) in [4.78, 5) is 16.8. The summed E-state index contributed by atoms with van der Waals surface area (Å²) >= 11 is 0. The van der Waals surface area contributed by atoms with Gasteiger partial charge in [0, 0.05) is 13.1 Å². The van der Waals surface area contributed by atoms with Crippen LogP contribution in [-0.2, 0) is 11.3 Å². The van der Waals surface area contributed by atoms with Crippen LogP contribution in [0.15, 0.2) is 79.3 Å². The van der Waals surface area contributed by atoms with Crippen molar-refractivity contribution in [3.63, 3.8) is 0 Å². The first-order valence-corrected chi connectivity index (χ1v) is 9.91. The minimum Gasteiger partial charge on any atom is -0.337 e. The van der Waals surface area contributed by atoms with Crippen molar-refractivity contribution in [2.24, 2.45) is 0 Å². The average molecular weight is 399 g/mol. The van der Waals surface area contributed by atoms with Gasteiger partial charge in [-0.3, -0.25) is 4.79 Å². The number of amides is 1. The van der Waals surface area contributed by atoms with E-state index in [4.69, 9.17) is 0 Å². The third kappa shape index (κ3) is 3.59. The summed E-state index contributed by atoms with van der Waals surface area (Å²) in [6.07, 6.45) is 5.17. The standard InChI is InChI=1S/C22H21N7O/c30-22(21(17-7-3-1-4-8-17)18-9-5-2-6-10-18)27-15-20(16-27)28-13-19(25-26-28)14-29-23-11-12-24-29/h1-13,20-21H,14-16H2. The SMILES string of the molecule is O=C(C(c1ccccc1)c1ccccc1)N1CC(n2cc(Cn3nccn3)nn2)C1. The van der Waals surface area contributed by atoms with Gasteiger partial charge in [0.05, 0.1) is 30.6 Å². The van der Waals surface area contributed by atoms with Gasteiger partial charge in [0.2, 0.25) is 5.91 Å². The number of likely N-dealkylation sites (tertiary alicyclic amines) is 1. The van der Waals surface area contributed by atoms with Crippen molar-refractivity contribution in [2.75, 3.05) is 13.1 Å². The highest BCUT2D eigenvalue weighted by molar-refractivity contribution is 5.87. The van der Waals surface area contributed by atoms with Crippen molar-refractivity contribution in [1.82, 2.24) is 34.9 Å². The van der Waals surface area contributed by atoms with Gasteiger partial charge in [-0.25, -0.2) is 4.68 Å². The van der Waals surface area contributed by atoms with E-state index in [0.29, 0.717) is 19.6 Å². The van der Waals surface area contributed by atoms with Crippen LogP contribution in [0.2, 0.25) is 0 Å². The number of hydrogen-bond acceptors (Lipinski definition) is 5. The van der Waals surface area contributed by atoms with Crippen LogP contribution >= 0.6 is 0 Å². The Morgan fingerprint density at radius 2 is 1.53 bits per heavy atom. The Bertz CT molecular complexity index is 1060. The van der Waals surface area contributed by atoms with Gasteiger partial charge in [-0.2, -0.15) is 15.0 Å². The van der Waals surface area contributed by atoms with E-state index in [9.17, 15) is 4.79 Å². The molecule has 0 bridgehead atoms. The van der Waals surface area contributed by atoms with Gasteiger partial charge >= 0.3 is 0 Å². The van der Waals surface area contributed by atoms with Gasteiger partial charge in [0.25, 0.3) is 0 Å². The first kappa shape index (κ1) is 18.2. The van der Waals surface area contributed by atoms with E-state index < -0.39 is 0 Å². The van der Waals surface area contributed by atoms with Gasteiger partial charge in [0.15, 0.2) is 0 Å². The van der Waals surface area contributed by atoms with Crippen LogP contribution in [0.5, 0.6) is 0 Å². The first-order chi connectivity index (χ1) is 14.8. The molecule has 3 heterocycles. The largest absolute Gasteiger partial charge is 0.337 e. The molecule has 1 saturated heterocycles. The van der Waals surface area contributed by atoms with E-state index in [2.05, 4.69) is 20.5 Å². The van der Waals surface area contributed by atoms with Crippen molar-refractivity contribution in [1.29, 1.82) is 0 Å². The molecule has 0 N–H and O–H groups in total. The molecule has 8 heteroatoms. The number of rotatable bonds is 6. The minimum absolute atomic E-state index is 0.115. The van der Waals surface area contributed by atoms with E-state index >= 15 is 0 Å². The minimum atomic E-state index is -0.300. The van der Waals surface area contributed by atoms with Gasteiger partial charge in [0.1, 0.15) is 12.2 Å². The highest BCUT2D eigenvalue weighted by Crippen LogP contribution is 2.31. The third-order valence-electron chi connectivity index (χ3n) is 5.39. The topological polar surface area (TPSA) is 81.7 Å². The molecule has 0 unspecified atom stereocenters. The zero-order chi connectivity index (χ0) is 20.3. The molecule has 5 rings (SSSR count). The summed E-state index contributed by atoms with van der Waals surface area (Å²) in [5.74, 6) is -0.185. The van der Waals surface area contributed by atoms with Crippen LogP contribution in [0.4, 0.5) is 0 Å². The zero-order valence-electron chi connectivity index (χ0n) is 16.3. The normalized spacial score (nSPS) is 14.1. The molecule has 0 saturated carbocycles. The Kier molecular flexibility index (Phi) is 4.80. The quantitative estimate of drug-likeness (QED) is 0.496. The molecule has 30 heavy (non-hydrogen) atoms. The average Bonchev–Trinajstić information content (AvgIpc) is 3.42. The highest BCUT2D eigenvalue weighted by Gasteiger charge is 2.37. The third-order valence-corrected chi connectivity index (χ3v) is 5.39. The lowest BCUT2D eigenvalue weighted by Crippen LogP contribution is -2.52. The van der Waals surface area contributed by atoms with E-state index in [1.807, 2.05) is 76.4 Å². The molecule has 150 valence electrons. The molecule has 2 aromatic carbocycles. The number of hydrogen-bond donors (Lipinski definition) is 0. The van der Waals surface area contributed by atoms with Gasteiger partial charge < -0.3 is 4.90 Å². The summed E-state index contributed by atoms with van der Waals surface area (Å²) < 4.78 is 1.84. The maximum Gasteiger partial charge on any atom is 0.234 e. The van der Waals surface area contributed by atoms with Crippen molar-refractivity contribution in [2.45, 2.75) is 18.5 Å². The first-order valence-electron chi connectivity index (χ1n) is 9.91. The maximum atomic E-state index is 13.4. The molecule has 0 radical (unpaired) electrons. The maximum absolute atomic E-state index is 13.4. The Morgan fingerprint density at radius 3 is 2.13 bits per heavy atom.